The van der Waals surface area contributed by atoms with Gasteiger partial charge < -0.3 is 5.32 Å². The van der Waals surface area contributed by atoms with E-state index in [0.29, 0.717) is 12.1 Å². The molecule has 0 atom stereocenters. The first-order valence-electron chi connectivity index (χ1n) is 4.73. The third-order valence-corrected chi connectivity index (χ3v) is 4.28. The number of nitrogens with zero attached hydrogens (tertiary/aromatic N) is 2. The van der Waals surface area contributed by atoms with Crippen molar-refractivity contribution in [3.05, 3.63) is 42.3 Å². The topological polar surface area (TPSA) is 48.7 Å². The summed E-state index contributed by atoms with van der Waals surface area (Å²) < 4.78 is 2.07. The summed E-state index contributed by atoms with van der Waals surface area (Å²) in [5, 5.41) is 13.3. The molecule has 0 saturated heterocycles. The quantitative estimate of drug-likeness (QED) is 0.765. The number of nitriles is 1. The van der Waals surface area contributed by atoms with Gasteiger partial charge in [0, 0.05) is 4.47 Å². The predicted molar refractivity (Wildman–Crippen MR) is 81.0 cm³/mol. The molecule has 0 aliphatic heterocycles. The summed E-state index contributed by atoms with van der Waals surface area (Å²) in [5.74, 6) is 0. The van der Waals surface area contributed by atoms with Crippen molar-refractivity contribution in [2.75, 3.05) is 5.32 Å². The molecule has 6 heteroatoms. The molecule has 0 aliphatic carbocycles. The number of halogens is 2. The van der Waals surface area contributed by atoms with Crippen LogP contribution >= 0.6 is 49.9 Å². The van der Waals surface area contributed by atoms with Crippen molar-refractivity contribution in [1.29, 1.82) is 5.26 Å². The van der Waals surface area contributed by atoms with Gasteiger partial charge in [0.25, 0.3) is 0 Å². The predicted octanol–water partition coefficient (Wildman–Crippen LogP) is 3.99. The van der Waals surface area contributed by atoms with Gasteiger partial charge in [0.1, 0.15) is 11.1 Å². The molecule has 17 heavy (non-hydrogen) atoms. The van der Waals surface area contributed by atoms with Crippen LogP contribution in [0.3, 0.4) is 0 Å². The lowest BCUT2D eigenvalue weighted by Crippen LogP contribution is -2.00. The molecule has 0 radical (unpaired) electrons. The van der Waals surface area contributed by atoms with Crippen LogP contribution in [0.2, 0.25) is 0 Å². The molecule has 0 saturated carbocycles. The second-order valence-corrected chi connectivity index (χ2v) is 7.14. The zero-order valence-corrected chi connectivity index (χ0v) is 13.1. The van der Waals surface area contributed by atoms with Gasteiger partial charge in [-0.1, -0.05) is 15.9 Å². The van der Waals surface area contributed by atoms with Crippen LogP contribution in [0.5, 0.6) is 0 Å². The first-order valence-corrected chi connectivity index (χ1v) is 7.41. The number of hydrogen-bond acceptors (Lipinski definition) is 4. The Bertz CT molecular complexity index is 576. The molecule has 86 valence electrons. The Balaban J connectivity index is 2.12. The standard InChI is InChI=1S/C11H7BrIN3S/c12-8-1-2-9(7(3-8)4-14)15-6-11-16-5-10(13)17-11/h1-3,5,15H,6H2. The first-order chi connectivity index (χ1) is 8.19. The van der Waals surface area contributed by atoms with Gasteiger partial charge in [0.15, 0.2) is 0 Å². The van der Waals surface area contributed by atoms with Crippen molar-refractivity contribution in [3.63, 3.8) is 0 Å². The fraction of sp³-hybridized carbons (Fsp3) is 0.0909. The summed E-state index contributed by atoms with van der Waals surface area (Å²) in [4.78, 5) is 4.26. The molecular weight excluding hydrogens is 413 g/mol. The molecule has 0 unspecified atom stereocenters. The minimum absolute atomic E-state index is 0.630. The minimum Gasteiger partial charge on any atom is -0.377 e. The van der Waals surface area contributed by atoms with Gasteiger partial charge in [-0.25, -0.2) is 4.98 Å². The van der Waals surface area contributed by atoms with Crippen LogP contribution in [-0.2, 0) is 6.54 Å². The molecule has 0 fully saturated rings. The normalized spacial score (nSPS) is 9.94. The molecule has 1 N–H and O–H groups in total. The third-order valence-electron chi connectivity index (χ3n) is 2.06. The zero-order valence-electron chi connectivity index (χ0n) is 8.58. The summed E-state index contributed by atoms with van der Waals surface area (Å²) in [6, 6.07) is 7.77. The highest BCUT2D eigenvalue weighted by Gasteiger charge is 2.04. The highest BCUT2D eigenvalue weighted by Crippen LogP contribution is 2.22. The van der Waals surface area contributed by atoms with E-state index in [9.17, 15) is 0 Å². The van der Waals surface area contributed by atoms with Crippen molar-refractivity contribution < 1.29 is 0 Å². The lowest BCUT2D eigenvalue weighted by molar-refractivity contribution is 1.10. The maximum absolute atomic E-state index is 9.02. The molecule has 0 amide bonds. The summed E-state index contributed by atoms with van der Waals surface area (Å²) in [7, 11) is 0. The van der Waals surface area contributed by atoms with E-state index in [1.165, 1.54) is 0 Å². The van der Waals surface area contributed by atoms with Crippen molar-refractivity contribution in [2.24, 2.45) is 0 Å². The highest BCUT2D eigenvalue weighted by molar-refractivity contribution is 14.1. The Kier molecular flexibility index (Phi) is 4.36. The Morgan fingerprint density at radius 3 is 3.00 bits per heavy atom. The molecule has 1 aromatic heterocycles. The fourth-order valence-electron chi connectivity index (χ4n) is 1.30. The lowest BCUT2D eigenvalue weighted by Gasteiger charge is -2.06. The van der Waals surface area contributed by atoms with E-state index in [1.54, 1.807) is 17.4 Å². The fourth-order valence-corrected chi connectivity index (χ4v) is 3.15. The largest absolute Gasteiger partial charge is 0.377 e. The van der Waals surface area contributed by atoms with Gasteiger partial charge in [-0.2, -0.15) is 5.26 Å². The molecule has 2 aromatic rings. The molecule has 1 aromatic carbocycles. The van der Waals surface area contributed by atoms with Gasteiger partial charge in [0.2, 0.25) is 0 Å². The molecule has 3 nitrogen and oxygen atoms in total. The van der Waals surface area contributed by atoms with Gasteiger partial charge in [0.05, 0.1) is 26.9 Å². The lowest BCUT2D eigenvalue weighted by atomic mass is 10.2. The minimum atomic E-state index is 0.630. The third kappa shape index (κ3) is 3.40. The number of aromatic nitrogens is 1. The van der Waals surface area contributed by atoms with Gasteiger partial charge in [-0.05, 0) is 40.8 Å². The van der Waals surface area contributed by atoms with E-state index in [0.717, 1.165) is 18.1 Å². The molecule has 0 bridgehead atoms. The maximum Gasteiger partial charge on any atom is 0.113 e. The van der Waals surface area contributed by atoms with Crippen LogP contribution in [0.25, 0.3) is 0 Å². The number of hydrogen-bond donors (Lipinski definition) is 1. The van der Waals surface area contributed by atoms with E-state index in [-0.39, 0.29) is 0 Å². The first kappa shape index (κ1) is 12.8. The number of benzene rings is 1. The van der Waals surface area contributed by atoms with E-state index in [4.69, 9.17) is 5.26 Å². The van der Waals surface area contributed by atoms with Gasteiger partial charge >= 0.3 is 0 Å². The highest BCUT2D eigenvalue weighted by atomic mass is 127. The SMILES string of the molecule is N#Cc1cc(Br)ccc1NCc1ncc(I)s1. The Hall–Kier alpha value is -0.650. The molecular formula is C11H7BrIN3S. The number of rotatable bonds is 3. The Labute approximate surface area is 125 Å². The average Bonchev–Trinajstić information content (AvgIpc) is 2.73. The van der Waals surface area contributed by atoms with Crippen molar-refractivity contribution in [3.8, 4) is 6.07 Å². The Morgan fingerprint density at radius 2 is 2.35 bits per heavy atom. The van der Waals surface area contributed by atoms with Gasteiger partial charge in [-0.3, -0.25) is 0 Å². The second kappa shape index (κ2) is 5.80. The smallest absolute Gasteiger partial charge is 0.113 e. The van der Waals surface area contributed by atoms with Crippen LogP contribution < -0.4 is 5.32 Å². The van der Waals surface area contributed by atoms with Crippen LogP contribution in [0, 0.1) is 14.2 Å². The summed E-state index contributed by atoms with van der Waals surface area (Å²) in [6.45, 7) is 0.643. The molecule has 2 rings (SSSR count). The molecule has 0 spiro atoms. The van der Waals surface area contributed by atoms with Crippen molar-refractivity contribution in [2.45, 2.75) is 6.54 Å². The summed E-state index contributed by atoms with van der Waals surface area (Å²) in [6.07, 6.45) is 1.84. The zero-order chi connectivity index (χ0) is 12.3. The van der Waals surface area contributed by atoms with Gasteiger partial charge in [-0.15, -0.1) is 11.3 Å². The second-order valence-electron chi connectivity index (χ2n) is 3.21. The van der Waals surface area contributed by atoms with E-state index in [2.05, 4.69) is 54.9 Å². The average molecular weight is 420 g/mol. The summed E-state index contributed by atoms with van der Waals surface area (Å²) >= 11 is 7.23. The number of nitrogens with one attached hydrogen (secondary N) is 1. The van der Waals surface area contributed by atoms with Crippen LogP contribution in [0.4, 0.5) is 5.69 Å². The molecule has 0 aliphatic rings. The monoisotopic (exact) mass is 419 g/mol. The van der Waals surface area contributed by atoms with E-state index in [1.807, 2.05) is 18.3 Å². The number of thiazole rings is 1. The van der Waals surface area contributed by atoms with Crippen LogP contribution in [-0.4, -0.2) is 4.98 Å². The van der Waals surface area contributed by atoms with Crippen molar-refractivity contribution in [1.82, 2.24) is 4.98 Å². The maximum atomic E-state index is 9.02. The van der Waals surface area contributed by atoms with E-state index >= 15 is 0 Å². The Morgan fingerprint density at radius 1 is 1.53 bits per heavy atom. The summed E-state index contributed by atoms with van der Waals surface area (Å²) in [5.41, 5.74) is 1.46. The van der Waals surface area contributed by atoms with E-state index < -0.39 is 0 Å². The van der Waals surface area contributed by atoms with Crippen LogP contribution in [0.15, 0.2) is 28.9 Å². The molecule has 1 heterocycles. The van der Waals surface area contributed by atoms with Crippen molar-refractivity contribution >= 4 is 55.5 Å². The number of anilines is 1. The van der Waals surface area contributed by atoms with Crippen LogP contribution in [0.1, 0.15) is 10.6 Å².